The third-order valence-electron chi connectivity index (χ3n) is 4.11. The Hall–Kier alpha value is -1.07. The molecule has 0 amide bonds. The smallest absolute Gasteiger partial charge is 0.152 e. The third-order valence-corrected chi connectivity index (χ3v) is 4.41. The topological polar surface area (TPSA) is 60.4 Å². The minimum Gasteiger partial charge on any atom is -0.458 e. The minimum absolute atomic E-state index is 0.0148. The van der Waals surface area contributed by atoms with Crippen LogP contribution in [0.5, 0.6) is 0 Å². The van der Waals surface area contributed by atoms with E-state index in [9.17, 15) is 0 Å². The monoisotopic (exact) mass is 308 g/mol. The number of halogens is 1. The van der Waals surface area contributed by atoms with Gasteiger partial charge in [0.1, 0.15) is 5.76 Å². The predicted octanol–water partition coefficient (Wildman–Crippen LogP) is 3.94. The maximum absolute atomic E-state index is 6.15. The van der Waals surface area contributed by atoms with Crippen molar-refractivity contribution in [3.63, 3.8) is 0 Å². The highest BCUT2D eigenvalue weighted by molar-refractivity contribution is 6.34. The van der Waals surface area contributed by atoms with Crippen LogP contribution in [0.2, 0.25) is 5.02 Å². The summed E-state index contributed by atoms with van der Waals surface area (Å²) in [4.78, 5) is 0. The second-order valence-corrected chi connectivity index (χ2v) is 6.00. The number of hydrogen-bond donors (Lipinski definition) is 2. The van der Waals surface area contributed by atoms with Crippen molar-refractivity contribution in [1.82, 2.24) is 5.43 Å². The van der Waals surface area contributed by atoms with E-state index in [0.717, 1.165) is 42.6 Å². The van der Waals surface area contributed by atoms with Gasteiger partial charge in [0, 0.05) is 12.0 Å². The molecular formula is C16H21ClN2O2. The molecule has 2 aromatic rings. The van der Waals surface area contributed by atoms with Crippen LogP contribution in [0.3, 0.4) is 0 Å². The molecule has 0 aliphatic carbocycles. The summed E-state index contributed by atoms with van der Waals surface area (Å²) in [5.74, 6) is 6.53. The number of fused-ring (bicyclic) bond motifs is 1. The molecule has 1 fully saturated rings. The highest BCUT2D eigenvalue weighted by Gasteiger charge is 2.20. The van der Waals surface area contributed by atoms with E-state index in [0.29, 0.717) is 11.1 Å². The van der Waals surface area contributed by atoms with Gasteiger partial charge in [-0.1, -0.05) is 23.7 Å². The van der Waals surface area contributed by atoms with E-state index >= 15 is 0 Å². The molecule has 1 aliphatic rings. The summed E-state index contributed by atoms with van der Waals surface area (Å²) in [5, 5.41) is 1.64. The molecule has 4 nitrogen and oxygen atoms in total. The Morgan fingerprint density at radius 1 is 1.38 bits per heavy atom. The second kappa shape index (κ2) is 6.79. The Kier molecular flexibility index (Phi) is 4.80. The largest absolute Gasteiger partial charge is 0.458 e. The number of nitrogens with one attached hydrogen (secondary N) is 1. The minimum atomic E-state index is -0.0148. The molecule has 5 heteroatoms. The van der Waals surface area contributed by atoms with Crippen LogP contribution in [0.15, 0.2) is 28.7 Å². The Bertz CT molecular complexity index is 593. The van der Waals surface area contributed by atoms with Gasteiger partial charge in [-0.15, -0.1) is 0 Å². The van der Waals surface area contributed by atoms with Crippen molar-refractivity contribution in [3.05, 3.63) is 35.0 Å². The summed E-state index contributed by atoms with van der Waals surface area (Å²) in [6.07, 6.45) is 5.80. The summed E-state index contributed by atoms with van der Waals surface area (Å²) in [6, 6.07) is 7.74. The van der Waals surface area contributed by atoms with E-state index in [4.69, 9.17) is 26.6 Å². The molecule has 3 rings (SSSR count). The normalized spacial score (nSPS) is 20.8. The first kappa shape index (κ1) is 14.9. The van der Waals surface area contributed by atoms with Crippen molar-refractivity contribution in [2.75, 3.05) is 6.61 Å². The zero-order chi connectivity index (χ0) is 14.7. The Morgan fingerprint density at radius 2 is 2.29 bits per heavy atom. The quantitative estimate of drug-likeness (QED) is 0.649. The van der Waals surface area contributed by atoms with Crippen molar-refractivity contribution in [1.29, 1.82) is 0 Å². The third kappa shape index (κ3) is 3.40. The number of para-hydroxylation sites is 1. The van der Waals surface area contributed by atoms with Gasteiger partial charge >= 0.3 is 0 Å². The molecule has 0 radical (unpaired) electrons. The first-order valence-corrected chi connectivity index (χ1v) is 7.91. The first-order valence-electron chi connectivity index (χ1n) is 7.53. The number of benzene rings is 1. The molecule has 3 N–H and O–H groups in total. The Labute approximate surface area is 129 Å². The maximum Gasteiger partial charge on any atom is 0.152 e. The number of hydrogen-bond acceptors (Lipinski definition) is 4. The summed E-state index contributed by atoms with van der Waals surface area (Å²) in [5.41, 5.74) is 3.57. The fourth-order valence-electron chi connectivity index (χ4n) is 2.91. The molecule has 2 unspecified atom stereocenters. The zero-order valence-corrected chi connectivity index (χ0v) is 12.7. The number of rotatable bonds is 5. The molecule has 0 saturated carbocycles. The van der Waals surface area contributed by atoms with Crippen LogP contribution in [0.25, 0.3) is 11.0 Å². The molecule has 2 heterocycles. The summed E-state index contributed by atoms with van der Waals surface area (Å²) >= 11 is 6.15. The fraction of sp³-hybridized carbons (Fsp3) is 0.500. The molecule has 1 aromatic heterocycles. The second-order valence-electron chi connectivity index (χ2n) is 5.59. The van der Waals surface area contributed by atoms with E-state index in [2.05, 4.69) is 5.43 Å². The van der Waals surface area contributed by atoms with Gasteiger partial charge in [0.25, 0.3) is 0 Å². The van der Waals surface area contributed by atoms with Gasteiger partial charge in [-0.25, -0.2) is 5.43 Å². The fourth-order valence-corrected chi connectivity index (χ4v) is 3.13. The van der Waals surface area contributed by atoms with Crippen LogP contribution in [0.4, 0.5) is 0 Å². The van der Waals surface area contributed by atoms with Crippen LogP contribution in [-0.4, -0.2) is 12.7 Å². The van der Waals surface area contributed by atoms with Crippen LogP contribution in [0.1, 0.15) is 43.9 Å². The lowest BCUT2D eigenvalue weighted by Gasteiger charge is -2.24. The Balaban J connectivity index is 1.70. The summed E-state index contributed by atoms with van der Waals surface area (Å²) in [6.45, 7) is 0.881. The molecule has 0 bridgehead atoms. The highest BCUT2D eigenvalue weighted by Crippen LogP contribution is 2.31. The maximum atomic E-state index is 6.15. The van der Waals surface area contributed by atoms with E-state index in [1.807, 2.05) is 24.3 Å². The zero-order valence-electron chi connectivity index (χ0n) is 12.0. The summed E-state index contributed by atoms with van der Waals surface area (Å²) in [7, 11) is 0. The van der Waals surface area contributed by atoms with Crippen molar-refractivity contribution in [2.24, 2.45) is 5.84 Å². The molecule has 1 saturated heterocycles. The highest BCUT2D eigenvalue weighted by atomic mass is 35.5. The van der Waals surface area contributed by atoms with Gasteiger partial charge in [0.15, 0.2) is 5.58 Å². The molecule has 1 aromatic carbocycles. The summed E-state index contributed by atoms with van der Waals surface area (Å²) < 4.78 is 11.6. The molecule has 0 spiro atoms. The van der Waals surface area contributed by atoms with E-state index in [1.165, 1.54) is 12.8 Å². The van der Waals surface area contributed by atoms with Gasteiger partial charge in [-0.2, -0.15) is 0 Å². The van der Waals surface area contributed by atoms with Gasteiger partial charge in [-0.3, -0.25) is 5.84 Å². The van der Waals surface area contributed by atoms with Crippen LogP contribution in [-0.2, 0) is 4.74 Å². The predicted molar refractivity (Wildman–Crippen MR) is 84.1 cm³/mol. The number of furan rings is 1. The SMILES string of the molecule is NNC(CCC1CCCCO1)c1cc2cccc(Cl)c2o1. The van der Waals surface area contributed by atoms with Crippen molar-refractivity contribution >= 4 is 22.6 Å². The lowest BCUT2D eigenvalue weighted by molar-refractivity contribution is 0.00823. The lowest BCUT2D eigenvalue weighted by atomic mass is 10.0. The van der Waals surface area contributed by atoms with Gasteiger partial charge in [0.05, 0.1) is 17.2 Å². The van der Waals surface area contributed by atoms with E-state index < -0.39 is 0 Å². The molecule has 21 heavy (non-hydrogen) atoms. The van der Waals surface area contributed by atoms with E-state index in [-0.39, 0.29) is 6.04 Å². The molecule has 1 aliphatic heterocycles. The van der Waals surface area contributed by atoms with Crippen molar-refractivity contribution in [2.45, 2.75) is 44.2 Å². The number of nitrogens with two attached hydrogens (primary N) is 1. The average Bonchev–Trinajstić information content (AvgIpc) is 2.94. The van der Waals surface area contributed by atoms with Gasteiger partial charge in [-0.05, 0) is 44.2 Å². The van der Waals surface area contributed by atoms with Crippen LogP contribution >= 0.6 is 11.6 Å². The van der Waals surface area contributed by atoms with E-state index in [1.54, 1.807) is 0 Å². The average molecular weight is 309 g/mol. The molecule has 2 atom stereocenters. The Morgan fingerprint density at radius 3 is 3.00 bits per heavy atom. The van der Waals surface area contributed by atoms with Gasteiger partial charge in [0.2, 0.25) is 0 Å². The lowest BCUT2D eigenvalue weighted by Crippen LogP contribution is -2.29. The number of ether oxygens (including phenoxy) is 1. The molecule has 114 valence electrons. The van der Waals surface area contributed by atoms with Crippen molar-refractivity contribution < 1.29 is 9.15 Å². The standard InChI is InChI=1S/C16H21ClN2O2/c17-13-6-3-4-11-10-15(21-16(11)13)14(19-18)8-7-12-5-1-2-9-20-12/h3-4,6,10,12,14,19H,1-2,5,7-9,18H2. The number of hydrazine groups is 1. The van der Waals surface area contributed by atoms with Crippen LogP contribution in [0, 0.1) is 0 Å². The first-order chi connectivity index (χ1) is 10.3. The van der Waals surface area contributed by atoms with Gasteiger partial charge < -0.3 is 9.15 Å². The molecular weight excluding hydrogens is 288 g/mol. The van der Waals surface area contributed by atoms with Crippen LogP contribution < -0.4 is 11.3 Å². The van der Waals surface area contributed by atoms with Crippen molar-refractivity contribution in [3.8, 4) is 0 Å².